The first-order chi connectivity index (χ1) is 8.43. The minimum Gasteiger partial charge on any atom is -0.480 e. The summed E-state index contributed by atoms with van der Waals surface area (Å²) in [7, 11) is 1.61. The number of nitrogens with one attached hydrogen (secondary N) is 1. The number of urea groups is 1. The number of hydrogen-bond acceptors (Lipinski definition) is 3. The third kappa shape index (κ3) is 4.19. The first-order valence-electron chi connectivity index (χ1n) is 5.42. The highest BCUT2D eigenvalue weighted by Crippen LogP contribution is 2.22. The molecule has 100 valence electrons. The van der Waals surface area contributed by atoms with Crippen molar-refractivity contribution in [2.75, 3.05) is 7.05 Å². The maximum atomic E-state index is 11.8. The van der Waals surface area contributed by atoms with E-state index in [-0.39, 0.29) is 0 Å². The Morgan fingerprint density at radius 3 is 2.67 bits per heavy atom. The van der Waals surface area contributed by atoms with Crippen LogP contribution in [0.2, 0.25) is 4.34 Å². The maximum absolute atomic E-state index is 11.8. The van der Waals surface area contributed by atoms with Gasteiger partial charge in [-0.3, -0.25) is 0 Å². The van der Waals surface area contributed by atoms with E-state index in [0.29, 0.717) is 17.3 Å². The van der Waals surface area contributed by atoms with Crippen LogP contribution >= 0.6 is 22.9 Å². The molecule has 1 rings (SSSR count). The van der Waals surface area contributed by atoms with Crippen LogP contribution in [0.15, 0.2) is 12.1 Å². The molecule has 0 fully saturated rings. The first-order valence-corrected chi connectivity index (χ1v) is 6.62. The fraction of sp³-hybridized carbons (Fsp3) is 0.455. The fourth-order valence-corrected chi connectivity index (χ4v) is 2.48. The van der Waals surface area contributed by atoms with Crippen LogP contribution in [0.3, 0.4) is 0 Å². The van der Waals surface area contributed by atoms with Gasteiger partial charge in [0.15, 0.2) is 0 Å². The second-order valence-corrected chi connectivity index (χ2v) is 5.61. The normalized spacial score (nSPS) is 11.9. The summed E-state index contributed by atoms with van der Waals surface area (Å²) in [6, 6.07) is 2.34. The monoisotopic (exact) mass is 290 g/mol. The first kappa shape index (κ1) is 14.8. The lowest BCUT2D eigenvalue weighted by atomic mass is 10.2. The molecule has 7 heteroatoms. The van der Waals surface area contributed by atoms with E-state index in [0.717, 1.165) is 4.88 Å². The van der Waals surface area contributed by atoms with Gasteiger partial charge < -0.3 is 15.3 Å². The van der Waals surface area contributed by atoms with E-state index in [1.807, 2.05) is 6.07 Å². The number of amides is 2. The lowest BCUT2D eigenvalue weighted by Crippen LogP contribution is -2.46. The van der Waals surface area contributed by atoms with Gasteiger partial charge in [0.2, 0.25) is 0 Å². The lowest BCUT2D eigenvalue weighted by Gasteiger charge is -2.20. The molecule has 0 saturated carbocycles. The number of halogens is 1. The smallest absolute Gasteiger partial charge is 0.326 e. The van der Waals surface area contributed by atoms with Gasteiger partial charge >= 0.3 is 12.0 Å². The molecule has 0 saturated heterocycles. The molecule has 0 radical (unpaired) electrons. The Hall–Kier alpha value is -1.27. The van der Waals surface area contributed by atoms with Crippen molar-refractivity contribution >= 4 is 34.9 Å². The van der Waals surface area contributed by atoms with E-state index < -0.39 is 18.0 Å². The van der Waals surface area contributed by atoms with Crippen molar-refractivity contribution in [2.24, 2.45) is 0 Å². The van der Waals surface area contributed by atoms with Crippen LogP contribution in [-0.4, -0.2) is 35.1 Å². The molecule has 1 atom stereocenters. The van der Waals surface area contributed by atoms with Crippen molar-refractivity contribution < 1.29 is 14.7 Å². The molecule has 0 unspecified atom stereocenters. The molecule has 2 amide bonds. The van der Waals surface area contributed by atoms with Crippen LogP contribution < -0.4 is 5.32 Å². The number of hydrogen-bond donors (Lipinski definition) is 2. The minimum absolute atomic E-state index is 0.347. The summed E-state index contributed by atoms with van der Waals surface area (Å²) in [5, 5.41) is 11.3. The van der Waals surface area contributed by atoms with Gasteiger partial charge in [-0.25, -0.2) is 9.59 Å². The third-order valence-electron chi connectivity index (χ3n) is 2.37. The van der Waals surface area contributed by atoms with E-state index in [1.165, 1.54) is 16.2 Å². The predicted molar refractivity (Wildman–Crippen MR) is 71.0 cm³/mol. The molecule has 1 aromatic rings. The predicted octanol–water partition coefficient (Wildman–Crippen LogP) is 2.41. The molecule has 2 N–H and O–H groups in total. The van der Waals surface area contributed by atoms with E-state index in [2.05, 4.69) is 5.32 Å². The zero-order valence-electron chi connectivity index (χ0n) is 10.1. The van der Waals surface area contributed by atoms with E-state index in [1.54, 1.807) is 20.0 Å². The molecule has 0 aliphatic carbocycles. The van der Waals surface area contributed by atoms with Gasteiger partial charge in [-0.2, -0.15) is 0 Å². The van der Waals surface area contributed by atoms with Gasteiger partial charge in [0.1, 0.15) is 6.04 Å². The standard InChI is InChI=1S/C11H15ClN2O3S/c1-3-8(10(15)16)13-11(17)14(2)6-7-4-5-9(12)18-7/h4-5,8H,3,6H2,1-2H3,(H,13,17)(H,15,16)/t8-/m0/s1. The number of thiophene rings is 1. The molecule has 1 heterocycles. The van der Waals surface area contributed by atoms with Gasteiger partial charge in [-0.1, -0.05) is 18.5 Å². The highest BCUT2D eigenvalue weighted by Gasteiger charge is 2.19. The molecule has 1 aromatic heterocycles. The fourth-order valence-electron chi connectivity index (χ4n) is 1.34. The zero-order chi connectivity index (χ0) is 13.7. The van der Waals surface area contributed by atoms with E-state index in [4.69, 9.17) is 16.7 Å². The molecule has 0 spiro atoms. The van der Waals surface area contributed by atoms with Crippen LogP contribution in [0, 0.1) is 0 Å². The Labute approximate surface area is 114 Å². The van der Waals surface area contributed by atoms with Gasteiger partial charge in [0.25, 0.3) is 0 Å². The zero-order valence-corrected chi connectivity index (χ0v) is 11.7. The Bertz CT molecular complexity index is 436. The Kier molecular flexibility index (Phi) is 5.43. The van der Waals surface area contributed by atoms with E-state index >= 15 is 0 Å². The van der Waals surface area contributed by atoms with Crippen molar-refractivity contribution in [1.82, 2.24) is 10.2 Å². The molecule has 0 aliphatic rings. The lowest BCUT2D eigenvalue weighted by molar-refractivity contribution is -0.139. The van der Waals surface area contributed by atoms with Gasteiger partial charge in [0.05, 0.1) is 10.9 Å². The van der Waals surface area contributed by atoms with Gasteiger partial charge in [-0.15, -0.1) is 11.3 Å². The molecule has 0 bridgehead atoms. The Morgan fingerprint density at radius 1 is 1.56 bits per heavy atom. The molecule has 0 aliphatic heterocycles. The topological polar surface area (TPSA) is 69.6 Å². The number of carboxylic acid groups (broad SMARTS) is 1. The molecular weight excluding hydrogens is 276 g/mol. The summed E-state index contributed by atoms with van der Waals surface area (Å²) in [5.41, 5.74) is 0. The molecule has 18 heavy (non-hydrogen) atoms. The number of carbonyl (C=O) groups is 2. The quantitative estimate of drug-likeness (QED) is 0.875. The molecular formula is C11H15ClN2O3S. The van der Waals surface area contributed by atoms with Crippen molar-refractivity contribution in [2.45, 2.75) is 25.9 Å². The number of aliphatic carboxylic acids is 1. The van der Waals surface area contributed by atoms with Gasteiger partial charge in [-0.05, 0) is 18.6 Å². The third-order valence-corrected chi connectivity index (χ3v) is 3.59. The van der Waals surface area contributed by atoms with Crippen molar-refractivity contribution in [3.63, 3.8) is 0 Å². The number of rotatable bonds is 5. The maximum Gasteiger partial charge on any atom is 0.326 e. The van der Waals surface area contributed by atoms with Crippen LogP contribution in [0.5, 0.6) is 0 Å². The van der Waals surface area contributed by atoms with Gasteiger partial charge in [0, 0.05) is 11.9 Å². The summed E-state index contributed by atoms with van der Waals surface area (Å²) in [6.07, 6.45) is 0.347. The highest BCUT2D eigenvalue weighted by molar-refractivity contribution is 7.16. The minimum atomic E-state index is -1.03. The summed E-state index contributed by atoms with van der Waals surface area (Å²) in [5.74, 6) is -1.03. The van der Waals surface area contributed by atoms with Crippen LogP contribution in [-0.2, 0) is 11.3 Å². The second-order valence-electron chi connectivity index (χ2n) is 3.81. The van der Waals surface area contributed by atoms with Crippen molar-refractivity contribution in [3.8, 4) is 0 Å². The van der Waals surface area contributed by atoms with Crippen LogP contribution in [0.1, 0.15) is 18.2 Å². The molecule has 5 nitrogen and oxygen atoms in total. The largest absolute Gasteiger partial charge is 0.480 e. The Morgan fingerprint density at radius 2 is 2.22 bits per heavy atom. The van der Waals surface area contributed by atoms with E-state index in [9.17, 15) is 9.59 Å². The summed E-state index contributed by atoms with van der Waals surface area (Å²) >= 11 is 7.19. The SMILES string of the molecule is CC[C@H](NC(=O)N(C)Cc1ccc(Cl)s1)C(=O)O. The number of nitrogens with zero attached hydrogens (tertiary/aromatic N) is 1. The number of carbonyl (C=O) groups excluding carboxylic acids is 1. The second kappa shape index (κ2) is 6.61. The summed E-state index contributed by atoms with van der Waals surface area (Å²) in [4.78, 5) is 24.9. The Balaban J connectivity index is 2.53. The van der Waals surface area contributed by atoms with Crippen LogP contribution in [0.25, 0.3) is 0 Å². The average molecular weight is 291 g/mol. The number of carboxylic acids is 1. The molecule has 0 aromatic carbocycles. The summed E-state index contributed by atoms with van der Waals surface area (Å²) < 4.78 is 0.663. The summed E-state index contributed by atoms with van der Waals surface area (Å²) in [6.45, 7) is 2.11. The van der Waals surface area contributed by atoms with Crippen LogP contribution in [0.4, 0.5) is 4.79 Å². The van der Waals surface area contributed by atoms with Crippen molar-refractivity contribution in [3.05, 3.63) is 21.3 Å². The average Bonchev–Trinajstić information content (AvgIpc) is 2.70. The highest BCUT2D eigenvalue weighted by atomic mass is 35.5. The van der Waals surface area contributed by atoms with Crippen molar-refractivity contribution in [1.29, 1.82) is 0 Å².